The Kier molecular flexibility index (Phi) is 4.26. The molecule has 6 nitrogen and oxygen atoms in total. The SMILES string of the molecule is CC(=O)c1ccccc1OCC(=O)Nc1ccc2c(c1)OC(F)(F)O2. The number of para-hydroxylation sites is 1. The molecule has 8 heteroatoms. The topological polar surface area (TPSA) is 73.9 Å². The van der Waals surface area contributed by atoms with Gasteiger partial charge in [0.25, 0.3) is 5.91 Å². The minimum absolute atomic E-state index is 0.116. The summed E-state index contributed by atoms with van der Waals surface area (Å²) in [6.07, 6.45) is -3.72. The fourth-order valence-electron chi connectivity index (χ4n) is 2.25. The van der Waals surface area contributed by atoms with Gasteiger partial charge in [-0.1, -0.05) is 12.1 Å². The number of fused-ring (bicyclic) bond motifs is 1. The summed E-state index contributed by atoms with van der Waals surface area (Å²) < 4.78 is 39.9. The average Bonchev–Trinajstić information content (AvgIpc) is 2.86. The number of ether oxygens (including phenoxy) is 3. The van der Waals surface area contributed by atoms with Crippen LogP contribution in [0.25, 0.3) is 0 Å². The maximum atomic E-state index is 13.0. The van der Waals surface area contributed by atoms with Gasteiger partial charge in [0.15, 0.2) is 23.9 Å². The van der Waals surface area contributed by atoms with Crippen LogP contribution in [0.5, 0.6) is 17.2 Å². The van der Waals surface area contributed by atoms with Crippen molar-refractivity contribution in [3.8, 4) is 17.2 Å². The number of halogens is 2. The second-order valence-electron chi connectivity index (χ2n) is 5.22. The minimum Gasteiger partial charge on any atom is -0.483 e. The third-order valence-electron chi connectivity index (χ3n) is 3.31. The molecule has 3 rings (SSSR count). The smallest absolute Gasteiger partial charge is 0.483 e. The van der Waals surface area contributed by atoms with Gasteiger partial charge in [-0.2, -0.15) is 0 Å². The van der Waals surface area contributed by atoms with Crippen molar-refractivity contribution in [2.75, 3.05) is 11.9 Å². The molecule has 0 unspecified atom stereocenters. The average molecular weight is 349 g/mol. The van der Waals surface area contributed by atoms with Crippen molar-refractivity contribution in [2.45, 2.75) is 13.2 Å². The van der Waals surface area contributed by atoms with Crippen molar-refractivity contribution in [2.24, 2.45) is 0 Å². The molecule has 2 aromatic rings. The van der Waals surface area contributed by atoms with Crippen LogP contribution in [-0.4, -0.2) is 24.6 Å². The largest absolute Gasteiger partial charge is 0.586 e. The summed E-state index contributed by atoms with van der Waals surface area (Å²) >= 11 is 0. The first-order valence-electron chi connectivity index (χ1n) is 7.26. The first-order chi connectivity index (χ1) is 11.8. The lowest BCUT2D eigenvalue weighted by atomic mass is 10.1. The summed E-state index contributed by atoms with van der Waals surface area (Å²) in [5.74, 6) is -0.715. The van der Waals surface area contributed by atoms with Crippen LogP contribution < -0.4 is 19.5 Å². The molecule has 1 N–H and O–H groups in total. The summed E-state index contributed by atoms with van der Waals surface area (Å²) in [5, 5.41) is 2.49. The molecule has 0 radical (unpaired) electrons. The van der Waals surface area contributed by atoms with E-state index >= 15 is 0 Å². The van der Waals surface area contributed by atoms with Crippen LogP contribution in [0, 0.1) is 0 Å². The Morgan fingerprint density at radius 1 is 1.12 bits per heavy atom. The number of amides is 1. The first kappa shape index (κ1) is 16.7. The molecule has 0 aliphatic carbocycles. The normalized spacial score (nSPS) is 14.0. The maximum absolute atomic E-state index is 13.0. The molecule has 2 aromatic carbocycles. The highest BCUT2D eigenvalue weighted by molar-refractivity contribution is 5.97. The van der Waals surface area contributed by atoms with Crippen molar-refractivity contribution in [3.63, 3.8) is 0 Å². The van der Waals surface area contributed by atoms with Crippen molar-refractivity contribution >= 4 is 17.4 Å². The number of hydrogen-bond acceptors (Lipinski definition) is 5. The maximum Gasteiger partial charge on any atom is 0.586 e. The van der Waals surface area contributed by atoms with Gasteiger partial charge in [0.05, 0.1) is 5.56 Å². The summed E-state index contributed by atoms with van der Waals surface area (Å²) in [6, 6.07) is 10.4. The molecule has 1 aliphatic heterocycles. The van der Waals surface area contributed by atoms with E-state index in [2.05, 4.69) is 14.8 Å². The van der Waals surface area contributed by atoms with E-state index in [1.54, 1.807) is 24.3 Å². The van der Waals surface area contributed by atoms with Crippen LogP contribution >= 0.6 is 0 Å². The number of alkyl halides is 2. The van der Waals surface area contributed by atoms with E-state index in [1.165, 1.54) is 25.1 Å². The van der Waals surface area contributed by atoms with Gasteiger partial charge in [-0.25, -0.2) is 0 Å². The van der Waals surface area contributed by atoms with Crippen LogP contribution in [0.1, 0.15) is 17.3 Å². The second-order valence-corrected chi connectivity index (χ2v) is 5.22. The van der Waals surface area contributed by atoms with Crippen LogP contribution in [0.2, 0.25) is 0 Å². The van der Waals surface area contributed by atoms with E-state index in [1.807, 2.05) is 0 Å². The number of anilines is 1. The Hall–Kier alpha value is -3.16. The highest BCUT2D eigenvalue weighted by Gasteiger charge is 2.43. The van der Waals surface area contributed by atoms with Gasteiger partial charge < -0.3 is 19.5 Å². The third kappa shape index (κ3) is 3.85. The number of ketones is 1. The Morgan fingerprint density at radius 2 is 1.84 bits per heavy atom. The molecule has 1 heterocycles. The van der Waals surface area contributed by atoms with Gasteiger partial charge >= 0.3 is 6.29 Å². The van der Waals surface area contributed by atoms with Crippen LogP contribution in [0.3, 0.4) is 0 Å². The van der Waals surface area contributed by atoms with Gasteiger partial charge in [0.2, 0.25) is 0 Å². The van der Waals surface area contributed by atoms with E-state index in [-0.39, 0.29) is 35.3 Å². The summed E-state index contributed by atoms with van der Waals surface area (Å²) in [5.41, 5.74) is 0.606. The van der Waals surface area contributed by atoms with Crippen molar-refractivity contribution in [3.05, 3.63) is 48.0 Å². The van der Waals surface area contributed by atoms with E-state index in [0.717, 1.165) is 0 Å². The predicted molar refractivity (Wildman–Crippen MR) is 83.2 cm³/mol. The molecule has 0 spiro atoms. The molecule has 130 valence electrons. The van der Waals surface area contributed by atoms with Crippen LogP contribution in [0.4, 0.5) is 14.5 Å². The zero-order valence-electron chi connectivity index (χ0n) is 13.0. The number of hydrogen-bond donors (Lipinski definition) is 1. The van der Waals surface area contributed by atoms with Crippen molar-refractivity contribution in [1.29, 1.82) is 0 Å². The summed E-state index contributed by atoms with van der Waals surface area (Å²) in [7, 11) is 0. The van der Waals surface area contributed by atoms with Gasteiger partial charge in [0.1, 0.15) is 5.75 Å². The third-order valence-corrected chi connectivity index (χ3v) is 3.31. The predicted octanol–water partition coefficient (Wildman–Crippen LogP) is 3.23. The number of benzene rings is 2. The molecule has 0 fully saturated rings. The molecule has 0 atom stereocenters. The minimum atomic E-state index is -3.72. The van der Waals surface area contributed by atoms with Gasteiger partial charge in [-0.05, 0) is 31.2 Å². The highest BCUT2D eigenvalue weighted by atomic mass is 19.3. The second kappa shape index (κ2) is 6.39. The molecule has 25 heavy (non-hydrogen) atoms. The molecule has 1 aliphatic rings. The van der Waals surface area contributed by atoms with Crippen LogP contribution in [0.15, 0.2) is 42.5 Å². The van der Waals surface area contributed by atoms with Crippen LogP contribution in [-0.2, 0) is 4.79 Å². The number of rotatable bonds is 5. The standard InChI is InChI=1S/C17H13F2NO5/c1-10(21)12-4-2-3-5-13(12)23-9-16(22)20-11-6-7-14-15(8-11)25-17(18,19)24-14/h2-8H,9H2,1H3,(H,20,22). The number of Topliss-reactive ketones (excluding diaryl/α,β-unsaturated/α-hetero) is 1. The monoisotopic (exact) mass is 349 g/mol. The molecule has 0 aromatic heterocycles. The summed E-state index contributed by atoms with van der Waals surface area (Å²) in [4.78, 5) is 23.4. The molecule has 0 saturated heterocycles. The lowest BCUT2D eigenvalue weighted by molar-refractivity contribution is -0.286. The molecular formula is C17H13F2NO5. The van der Waals surface area contributed by atoms with E-state index in [4.69, 9.17) is 4.74 Å². The molecular weight excluding hydrogens is 336 g/mol. The Bertz CT molecular complexity index is 838. The van der Waals surface area contributed by atoms with Crippen molar-refractivity contribution < 1.29 is 32.6 Å². The number of carbonyl (C=O) groups excluding carboxylic acids is 2. The summed E-state index contributed by atoms with van der Waals surface area (Å²) in [6.45, 7) is 1.04. The van der Waals surface area contributed by atoms with E-state index in [9.17, 15) is 18.4 Å². The zero-order chi connectivity index (χ0) is 18.0. The number of carbonyl (C=O) groups is 2. The lowest BCUT2D eigenvalue weighted by Crippen LogP contribution is -2.25. The Morgan fingerprint density at radius 3 is 2.60 bits per heavy atom. The van der Waals surface area contributed by atoms with E-state index < -0.39 is 12.2 Å². The van der Waals surface area contributed by atoms with Crippen molar-refractivity contribution in [1.82, 2.24) is 0 Å². The fraction of sp³-hybridized carbons (Fsp3) is 0.176. The lowest BCUT2D eigenvalue weighted by Gasteiger charge is -2.10. The molecule has 0 saturated carbocycles. The van der Waals surface area contributed by atoms with Gasteiger partial charge in [-0.15, -0.1) is 8.78 Å². The number of nitrogens with one attached hydrogen (secondary N) is 1. The molecule has 0 bridgehead atoms. The quantitative estimate of drug-likeness (QED) is 0.839. The Balaban J connectivity index is 1.62. The Labute approximate surface area is 141 Å². The van der Waals surface area contributed by atoms with E-state index in [0.29, 0.717) is 5.56 Å². The first-order valence-corrected chi connectivity index (χ1v) is 7.26. The zero-order valence-corrected chi connectivity index (χ0v) is 13.0. The van der Waals surface area contributed by atoms with Gasteiger partial charge in [-0.3, -0.25) is 9.59 Å². The highest BCUT2D eigenvalue weighted by Crippen LogP contribution is 2.42. The van der Waals surface area contributed by atoms with Gasteiger partial charge in [0, 0.05) is 11.8 Å². The fourth-order valence-corrected chi connectivity index (χ4v) is 2.25. The molecule has 1 amide bonds.